The number of nitrogens with zero attached hydrogens (tertiary/aromatic N) is 5. The second-order valence-electron chi connectivity index (χ2n) is 6.27. The van der Waals surface area contributed by atoms with Gasteiger partial charge in [-0.1, -0.05) is 5.16 Å². The summed E-state index contributed by atoms with van der Waals surface area (Å²) in [5.74, 6) is -1.61. The zero-order chi connectivity index (χ0) is 22.1. The van der Waals surface area contributed by atoms with Crippen molar-refractivity contribution in [3.63, 3.8) is 0 Å². The molecule has 3 heterocycles. The summed E-state index contributed by atoms with van der Waals surface area (Å²) in [5, 5.41) is 7.50. The Morgan fingerprint density at radius 3 is 2.52 bits per heavy atom. The van der Waals surface area contributed by atoms with Gasteiger partial charge in [-0.3, -0.25) is 4.98 Å². The fourth-order valence-corrected chi connectivity index (χ4v) is 3.56. The molecule has 0 aliphatic heterocycles. The first-order chi connectivity index (χ1) is 14.7. The van der Waals surface area contributed by atoms with Gasteiger partial charge < -0.3 is 4.52 Å². The maximum atomic E-state index is 12.6. The fraction of sp³-hybridized carbons (Fsp3) is 0.111. The van der Waals surface area contributed by atoms with Gasteiger partial charge in [0.15, 0.2) is 0 Å². The highest BCUT2D eigenvalue weighted by Gasteiger charge is 2.38. The van der Waals surface area contributed by atoms with E-state index >= 15 is 0 Å². The maximum absolute atomic E-state index is 12.6. The molecule has 4 rings (SSSR count). The van der Waals surface area contributed by atoms with Gasteiger partial charge in [0, 0.05) is 36.3 Å². The van der Waals surface area contributed by atoms with Crippen LogP contribution in [0.3, 0.4) is 0 Å². The van der Waals surface area contributed by atoms with Gasteiger partial charge in [0.2, 0.25) is 15.8 Å². The number of sulfonamides is 1. The van der Waals surface area contributed by atoms with Gasteiger partial charge in [-0.15, -0.1) is 0 Å². The topological polar surface area (TPSA) is 116 Å². The average molecular weight is 450 g/mol. The molecule has 160 valence electrons. The monoisotopic (exact) mass is 450 g/mol. The minimum absolute atomic E-state index is 0.0123. The number of halogens is 3. The first-order valence-electron chi connectivity index (χ1n) is 8.67. The lowest BCUT2D eigenvalue weighted by Gasteiger charge is -2.05. The molecule has 0 aliphatic rings. The van der Waals surface area contributed by atoms with Crippen LogP contribution in [0.5, 0.6) is 0 Å². The molecule has 0 atom stereocenters. The van der Waals surface area contributed by atoms with E-state index in [2.05, 4.69) is 29.5 Å². The minimum atomic E-state index is -4.71. The lowest BCUT2D eigenvalue weighted by atomic mass is 10.2. The number of nitrogens with one attached hydrogen (secondary N) is 1. The molecule has 0 radical (unpaired) electrons. The van der Waals surface area contributed by atoms with Crippen molar-refractivity contribution in [3.8, 4) is 17.1 Å². The zero-order valence-electron chi connectivity index (χ0n) is 15.5. The first kappa shape index (κ1) is 20.7. The van der Waals surface area contributed by atoms with Gasteiger partial charge in [0.1, 0.15) is 4.90 Å². The van der Waals surface area contributed by atoms with E-state index in [0.29, 0.717) is 16.8 Å². The molecule has 1 N–H and O–H groups in total. The summed E-state index contributed by atoms with van der Waals surface area (Å²) in [6.45, 7) is 0.0123. The van der Waals surface area contributed by atoms with Crippen LogP contribution in [0.2, 0.25) is 0 Å². The Balaban J connectivity index is 1.45. The Hall–Kier alpha value is -3.58. The van der Waals surface area contributed by atoms with Crippen LogP contribution in [0, 0.1) is 0 Å². The van der Waals surface area contributed by atoms with Crippen LogP contribution in [-0.2, 0) is 22.7 Å². The van der Waals surface area contributed by atoms with Crippen LogP contribution < -0.4 is 4.72 Å². The van der Waals surface area contributed by atoms with Crippen molar-refractivity contribution in [3.05, 3.63) is 72.6 Å². The number of aromatic nitrogens is 5. The van der Waals surface area contributed by atoms with Gasteiger partial charge in [0.25, 0.3) is 0 Å². The molecule has 9 nitrogen and oxygen atoms in total. The standard InChI is InChI=1S/C18H13F3N6O3S/c19-18(20,21)17-25-16(26-30-17)13-3-5-14(6-4-13)27-11-12(8-23-27)9-24-31(28,29)15-2-1-7-22-10-15/h1-8,10-11,24H,9H2. The van der Waals surface area contributed by atoms with E-state index in [1.165, 1.54) is 47.5 Å². The Labute approximate surface area is 173 Å². The second-order valence-corrected chi connectivity index (χ2v) is 8.04. The molecule has 0 saturated heterocycles. The summed E-state index contributed by atoms with van der Waals surface area (Å²) in [7, 11) is -3.71. The minimum Gasteiger partial charge on any atom is -0.329 e. The lowest BCUT2D eigenvalue weighted by Crippen LogP contribution is -2.23. The molecule has 0 spiro atoms. The molecule has 0 unspecified atom stereocenters. The van der Waals surface area contributed by atoms with E-state index < -0.39 is 22.1 Å². The quantitative estimate of drug-likeness (QED) is 0.480. The van der Waals surface area contributed by atoms with E-state index in [9.17, 15) is 21.6 Å². The van der Waals surface area contributed by atoms with Crippen LogP contribution in [0.1, 0.15) is 11.5 Å². The second kappa shape index (κ2) is 7.92. The summed E-state index contributed by atoms with van der Waals surface area (Å²) >= 11 is 0. The molecular weight excluding hydrogens is 437 g/mol. The molecule has 4 aromatic rings. The predicted octanol–water partition coefficient (Wildman–Crippen LogP) is 2.81. The van der Waals surface area contributed by atoms with Crippen LogP contribution in [0.4, 0.5) is 13.2 Å². The smallest absolute Gasteiger partial charge is 0.329 e. The average Bonchev–Trinajstić information content (AvgIpc) is 3.43. The third-order valence-corrected chi connectivity index (χ3v) is 5.49. The third-order valence-electron chi connectivity index (χ3n) is 4.11. The highest BCUT2D eigenvalue weighted by atomic mass is 32.2. The number of rotatable bonds is 6. The van der Waals surface area contributed by atoms with Crippen molar-refractivity contribution in [2.45, 2.75) is 17.6 Å². The van der Waals surface area contributed by atoms with Crippen LogP contribution in [0.25, 0.3) is 17.1 Å². The molecule has 13 heteroatoms. The van der Waals surface area contributed by atoms with E-state index in [1.54, 1.807) is 18.3 Å². The SMILES string of the molecule is O=S(=O)(NCc1cnn(-c2ccc(-c3noc(C(F)(F)F)n3)cc2)c1)c1cccnc1. The highest BCUT2D eigenvalue weighted by molar-refractivity contribution is 7.89. The summed E-state index contributed by atoms with van der Waals surface area (Å²) in [5.41, 5.74) is 1.54. The van der Waals surface area contributed by atoms with Gasteiger partial charge in [-0.05, 0) is 36.4 Å². The predicted molar refractivity (Wildman–Crippen MR) is 100 cm³/mol. The normalized spacial score (nSPS) is 12.2. The van der Waals surface area contributed by atoms with E-state index in [0.717, 1.165) is 0 Å². The molecule has 31 heavy (non-hydrogen) atoms. The first-order valence-corrected chi connectivity index (χ1v) is 10.2. The molecule has 3 aromatic heterocycles. The van der Waals surface area contributed by atoms with Crippen LogP contribution in [-0.4, -0.2) is 33.3 Å². The van der Waals surface area contributed by atoms with E-state index in [4.69, 9.17) is 0 Å². The maximum Gasteiger partial charge on any atom is 0.471 e. The number of pyridine rings is 1. The lowest BCUT2D eigenvalue weighted by molar-refractivity contribution is -0.159. The Bertz CT molecular complexity index is 1290. The van der Waals surface area contributed by atoms with Crippen molar-refractivity contribution in [1.29, 1.82) is 0 Å². The van der Waals surface area contributed by atoms with Crippen molar-refractivity contribution < 1.29 is 26.1 Å². The molecule has 1 aromatic carbocycles. The number of hydrogen-bond donors (Lipinski definition) is 1. The largest absolute Gasteiger partial charge is 0.471 e. The molecule has 0 amide bonds. The Morgan fingerprint density at radius 2 is 1.87 bits per heavy atom. The zero-order valence-corrected chi connectivity index (χ0v) is 16.3. The number of hydrogen-bond acceptors (Lipinski definition) is 7. The van der Waals surface area contributed by atoms with Crippen molar-refractivity contribution >= 4 is 10.0 Å². The Morgan fingerprint density at radius 1 is 1.10 bits per heavy atom. The fourth-order valence-electron chi connectivity index (χ4n) is 2.58. The molecule has 0 aliphatic carbocycles. The van der Waals surface area contributed by atoms with Gasteiger partial charge >= 0.3 is 12.1 Å². The Kier molecular flexibility index (Phi) is 5.29. The summed E-state index contributed by atoms with van der Waals surface area (Å²) < 4.78 is 70.4. The van der Waals surface area contributed by atoms with Gasteiger partial charge in [0.05, 0.1) is 11.9 Å². The van der Waals surface area contributed by atoms with Gasteiger partial charge in [-0.2, -0.15) is 23.3 Å². The third kappa shape index (κ3) is 4.62. The number of alkyl halides is 3. The highest BCUT2D eigenvalue weighted by Crippen LogP contribution is 2.29. The number of benzene rings is 1. The van der Waals surface area contributed by atoms with E-state index in [1.807, 2.05) is 0 Å². The summed E-state index contributed by atoms with van der Waals surface area (Å²) in [6, 6.07) is 9.21. The molecule has 0 saturated carbocycles. The van der Waals surface area contributed by atoms with Crippen molar-refractivity contribution in [1.82, 2.24) is 29.6 Å². The molecule has 0 fully saturated rings. The van der Waals surface area contributed by atoms with Crippen LogP contribution >= 0.6 is 0 Å². The summed E-state index contributed by atoms with van der Waals surface area (Å²) in [6.07, 6.45) is 1.12. The molecule has 0 bridgehead atoms. The van der Waals surface area contributed by atoms with Crippen molar-refractivity contribution in [2.24, 2.45) is 0 Å². The van der Waals surface area contributed by atoms with Crippen molar-refractivity contribution in [2.75, 3.05) is 0 Å². The van der Waals surface area contributed by atoms with E-state index in [-0.39, 0.29) is 17.3 Å². The van der Waals surface area contributed by atoms with Crippen LogP contribution in [0.15, 0.2) is 70.6 Å². The molecular formula is C18H13F3N6O3S. The van der Waals surface area contributed by atoms with Gasteiger partial charge in [-0.25, -0.2) is 17.8 Å². The summed E-state index contributed by atoms with van der Waals surface area (Å²) in [4.78, 5) is 7.17.